The van der Waals surface area contributed by atoms with Crippen LogP contribution in [0, 0.1) is 6.92 Å². The van der Waals surface area contributed by atoms with Crippen molar-refractivity contribution < 1.29 is 27.1 Å². The molecule has 1 aromatic carbocycles. The number of aryl methyl sites for hydroxylation is 1. The zero-order chi connectivity index (χ0) is 29.0. The molecule has 2 aromatic heterocycles. The maximum atomic E-state index is 15.2. The van der Waals surface area contributed by atoms with E-state index in [2.05, 4.69) is 9.97 Å². The highest BCUT2D eigenvalue weighted by molar-refractivity contribution is 7.93. The molecule has 0 spiro atoms. The smallest absolute Gasteiger partial charge is 0.288 e. The van der Waals surface area contributed by atoms with E-state index in [-0.39, 0.29) is 45.7 Å². The van der Waals surface area contributed by atoms with Crippen LogP contribution in [0.2, 0.25) is 5.02 Å². The summed E-state index contributed by atoms with van der Waals surface area (Å²) < 4.78 is 49.6. The number of fused-ring (bicyclic) bond motifs is 1. The number of aromatic nitrogens is 2. The number of carbonyl (C=O) groups excluding carboxylic acids is 2. The average Bonchev–Trinajstić information content (AvgIpc) is 3.43. The number of ether oxygens (including phenoxy) is 1. The minimum Gasteiger partial charge on any atom is -0.481 e. The highest BCUT2D eigenvalue weighted by Gasteiger charge is 2.64. The van der Waals surface area contributed by atoms with Gasteiger partial charge in [0, 0.05) is 55.6 Å². The second-order valence-corrected chi connectivity index (χ2v) is 12.1. The first kappa shape index (κ1) is 27.9. The lowest BCUT2D eigenvalue weighted by Crippen LogP contribution is -2.59. The Bertz CT molecular complexity index is 1600. The lowest BCUT2D eigenvalue weighted by Gasteiger charge is -2.41. The van der Waals surface area contributed by atoms with Crippen molar-refractivity contribution in [2.45, 2.75) is 36.1 Å². The first-order chi connectivity index (χ1) is 18.9. The van der Waals surface area contributed by atoms with E-state index < -0.39 is 39.6 Å². The molecule has 3 aromatic rings. The van der Waals surface area contributed by atoms with Crippen LogP contribution in [0.1, 0.15) is 23.1 Å². The van der Waals surface area contributed by atoms with Crippen LogP contribution in [0.15, 0.2) is 59.9 Å². The lowest BCUT2D eigenvalue weighted by atomic mass is 9.81. The molecule has 40 heavy (non-hydrogen) atoms. The van der Waals surface area contributed by atoms with E-state index >= 15 is 4.39 Å². The molecule has 1 unspecified atom stereocenters. The van der Waals surface area contributed by atoms with Crippen molar-refractivity contribution in [2.24, 2.45) is 0 Å². The molecule has 210 valence electrons. The third kappa shape index (κ3) is 4.13. The highest BCUT2D eigenvalue weighted by Crippen LogP contribution is 2.54. The topological polar surface area (TPSA) is 113 Å². The average molecular weight is 588 g/mol. The zero-order valence-corrected chi connectivity index (χ0v) is 23.8. The predicted octanol–water partition coefficient (Wildman–Crippen LogP) is 2.93. The van der Waals surface area contributed by atoms with Crippen molar-refractivity contribution in [1.82, 2.24) is 19.8 Å². The predicted molar refractivity (Wildman–Crippen MR) is 145 cm³/mol. The number of likely N-dealkylation sites (tertiary alicyclic amines) is 1. The van der Waals surface area contributed by atoms with Crippen LogP contribution >= 0.6 is 11.6 Å². The fourth-order valence-corrected chi connectivity index (χ4v) is 7.05. The lowest BCUT2D eigenvalue weighted by molar-refractivity contribution is -0.138. The molecule has 3 atom stereocenters. The number of amides is 2. The van der Waals surface area contributed by atoms with Crippen LogP contribution < -0.4 is 9.04 Å². The van der Waals surface area contributed by atoms with Crippen molar-refractivity contribution in [3.8, 4) is 5.88 Å². The van der Waals surface area contributed by atoms with Gasteiger partial charge in [0.2, 0.25) is 11.8 Å². The largest absolute Gasteiger partial charge is 0.481 e. The van der Waals surface area contributed by atoms with Crippen molar-refractivity contribution in [1.29, 1.82) is 0 Å². The van der Waals surface area contributed by atoms with Crippen LogP contribution in [-0.4, -0.2) is 80.0 Å². The summed E-state index contributed by atoms with van der Waals surface area (Å²) in [6.07, 6.45) is 1.15. The SMILES string of the molecule is COc1ncccc1C1(N2C[C@H](F)C[C@H]2C(=O)N(C)C)C(=O)N(S(=O)(=O)c2ccc(C)cn2)c2ccc(Cl)cc21. The number of carbonyl (C=O) groups is 2. The highest BCUT2D eigenvalue weighted by atomic mass is 35.5. The van der Waals surface area contributed by atoms with E-state index in [0.29, 0.717) is 4.31 Å². The van der Waals surface area contributed by atoms with E-state index in [1.54, 1.807) is 25.1 Å². The van der Waals surface area contributed by atoms with Gasteiger partial charge in [0.05, 0.1) is 18.8 Å². The maximum absolute atomic E-state index is 15.2. The molecular weight excluding hydrogens is 561 g/mol. The monoisotopic (exact) mass is 587 g/mol. The van der Waals surface area contributed by atoms with E-state index in [1.807, 2.05) is 0 Å². The molecule has 2 aliphatic rings. The number of pyridine rings is 2. The first-order valence-electron chi connectivity index (χ1n) is 12.4. The Morgan fingerprint density at radius 1 is 1.18 bits per heavy atom. The number of hydrogen-bond donors (Lipinski definition) is 0. The number of likely N-dealkylation sites (N-methyl/N-ethyl adjacent to an activating group) is 1. The van der Waals surface area contributed by atoms with E-state index in [0.717, 1.165) is 5.56 Å². The third-order valence-electron chi connectivity index (χ3n) is 7.21. The number of anilines is 1. The zero-order valence-electron chi connectivity index (χ0n) is 22.2. The Balaban J connectivity index is 1.86. The molecule has 0 bridgehead atoms. The number of methoxy groups -OCH3 is 1. The molecule has 2 amide bonds. The molecule has 1 fully saturated rings. The fraction of sp³-hybridized carbons (Fsp3) is 0.333. The van der Waals surface area contributed by atoms with Gasteiger partial charge in [0.25, 0.3) is 15.9 Å². The van der Waals surface area contributed by atoms with Gasteiger partial charge in [-0.3, -0.25) is 14.5 Å². The number of alkyl halides is 1. The van der Waals surface area contributed by atoms with Crippen molar-refractivity contribution in [3.05, 3.63) is 76.6 Å². The summed E-state index contributed by atoms with van der Waals surface area (Å²) in [6, 6.07) is 9.22. The standard InChI is InChI=1S/C27H27ClFN5O5S/c1-16-7-10-23(31-14-16)40(37,38)34-21-9-8-17(28)12-20(21)27(26(34)36,19-6-5-11-30-24(19)39-4)33-15-18(29)13-22(33)25(35)32(2)3/h5-12,14,18,22H,13,15H2,1-4H3/t18-,22+,27?/m1/s1. The molecule has 0 aliphatic carbocycles. The summed E-state index contributed by atoms with van der Waals surface area (Å²) in [7, 11) is -0.155. The van der Waals surface area contributed by atoms with Gasteiger partial charge < -0.3 is 9.64 Å². The Labute approximate surface area is 236 Å². The minimum atomic E-state index is -4.57. The molecular formula is C27H27ClFN5O5S. The van der Waals surface area contributed by atoms with Gasteiger partial charge in [-0.05, 0) is 48.9 Å². The van der Waals surface area contributed by atoms with Crippen molar-refractivity contribution in [2.75, 3.05) is 32.1 Å². The molecule has 0 saturated carbocycles. The minimum absolute atomic E-state index is 0.000964. The number of benzene rings is 1. The fourth-order valence-electron chi connectivity index (χ4n) is 5.49. The van der Waals surface area contributed by atoms with Crippen LogP contribution in [0.25, 0.3) is 0 Å². The number of sulfonamides is 1. The van der Waals surface area contributed by atoms with Crippen molar-refractivity contribution >= 4 is 39.1 Å². The number of halogens is 2. The van der Waals surface area contributed by atoms with Crippen LogP contribution in [-0.2, 0) is 25.2 Å². The summed E-state index contributed by atoms with van der Waals surface area (Å²) in [5.74, 6) is -1.39. The summed E-state index contributed by atoms with van der Waals surface area (Å²) in [5, 5.41) is -0.148. The number of rotatable bonds is 6. The van der Waals surface area contributed by atoms with E-state index in [4.69, 9.17) is 16.3 Å². The quantitative estimate of drug-likeness (QED) is 0.433. The molecule has 10 nitrogen and oxygen atoms in total. The Hall–Kier alpha value is -3.61. The summed E-state index contributed by atoms with van der Waals surface area (Å²) in [5.41, 5.74) is -1.01. The molecule has 1 saturated heterocycles. The Morgan fingerprint density at radius 2 is 1.93 bits per heavy atom. The second-order valence-electron chi connectivity index (χ2n) is 9.91. The molecule has 4 heterocycles. The number of nitrogens with zero attached hydrogens (tertiary/aromatic N) is 5. The molecule has 0 N–H and O–H groups in total. The molecule has 13 heteroatoms. The van der Waals surface area contributed by atoms with Gasteiger partial charge in [-0.15, -0.1) is 0 Å². The second kappa shape index (κ2) is 10.1. The maximum Gasteiger partial charge on any atom is 0.288 e. The van der Waals surface area contributed by atoms with Gasteiger partial charge >= 0.3 is 0 Å². The van der Waals surface area contributed by atoms with Crippen LogP contribution in [0.5, 0.6) is 5.88 Å². The molecule has 0 radical (unpaired) electrons. The van der Waals surface area contributed by atoms with E-state index in [1.165, 1.54) is 67.7 Å². The van der Waals surface area contributed by atoms with Gasteiger partial charge in [-0.1, -0.05) is 17.7 Å². The van der Waals surface area contributed by atoms with Gasteiger partial charge in [0.15, 0.2) is 10.6 Å². The molecule has 5 rings (SSSR count). The van der Waals surface area contributed by atoms with Gasteiger partial charge in [0.1, 0.15) is 6.17 Å². The van der Waals surface area contributed by atoms with Crippen LogP contribution in [0.4, 0.5) is 10.1 Å². The number of hydrogen-bond acceptors (Lipinski definition) is 8. The summed E-state index contributed by atoms with van der Waals surface area (Å²) >= 11 is 6.43. The van der Waals surface area contributed by atoms with E-state index in [9.17, 15) is 18.0 Å². The third-order valence-corrected chi connectivity index (χ3v) is 9.06. The van der Waals surface area contributed by atoms with Gasteiger partial charge in [-0.25, -0.2) is 14.4 Å². The summed E-state index contributed by atoms with van der Waals surface area (Å²) in [6.45, 7) is 1.42. The van der Waals surface area contributed by atoms with Crippen molar-refractivity contribution in [3.63, 3.8) is 0 Å². The first-order valence-corrected chi connectivity index (χ1v) is 14.2. The summed E-state index contributed by atoms with van der Waals surface area (Å²) in [4.78, 5) is 39.3. The Kier molecular flexibility index (Phi) is 7.05. The normalized spacial score (nSPS) is 22.9. The molecule has 2 aliphatic heterocycles. The Morgan fingerprint density at radius 3 is 2.58 bits per heavy atom. The van der Waals surface area contributed by atoms with Crippen LogP contribution in [0.3, 0.4) is 0 Å². The van der Waals surface area contributed by atoms with Gasteiger partial charge in [-0.2, -0.15) is 12.7 Å².